The first-order chi connectivity index (χ1) is 9.13. The molecule has 1 aromatic rings. The molecule has 2 nitrogen and oxygen atoms in total. The van der Waals surface area contributed by atoms with Crippen LogP contribution in [0.15, 0.2) is 30.3 Å². The van der Waals surface area contributed by atoms with E-state index in [-0.39, 0.29) is 6.61 Å². The standard InChI is InChI=1S/C17H25NO/c1-13(8-10-18(2)3)17-12-14(9-11-19)15-6-4-5-7-16(15)17/h4-7,12-13,17,19H,8-11H2,1-3H3. The molecule has 0 saturated heterocycles. The number of aliphatic hydroxyl groups excluding tert-OH is 1. The van der Waals surface area contributed by atoms with Crippen LogP contribution in [0.4, 0.5) is 0 Å². The number of aliphatic hydroxyl groups is 1. The summed E-state index contributed by atoms with van der Waals surface area (Å²) in [5.41, 5.74) is 4.11. The Bertz CT molecular complexity index is 450. The van der Waals surface area contributed by atoms with E-state index in [0.29, 0.717) is 11.8 Å². The highest BCUT2D eigenvalue weighted by atomic mass is 16.2. The first-order valence-electron chi connectivity index (χ1n) is 7.19. The van der Waals surface area contributed by atoms with Gasteiger partial charge >= 0.3 is 0 Å². The Morgan fingerprint density at radius 3 is 2.68 bits per heavy atom. The van der Waals surface area contributed by atoms with Crippen molar-refractivity contribution in [1.82, 2.24) is 4.90 Å². The molecule has 2 atom stereocenters. The van der Waals surface area contributed by atoms with Gasteiger partial charge in [0.05, 0.1) is 0 Å². The molecule has 104 valence electrons. The second kappa shape index (κ2) is 6.36. The van der Waals surface area contributed by atoms with Crippen molar-refractivity contribution in [3.8, 4) is 0 Å². The molecule has 2 unspecified atom stereocenters. The monoisotopic (exact) mass is 259 g/mol. The van der Waals surface area contributed by atoms with Crippen molar-refractivity contribution in [3.63, 3.8) is 0 Å². The molecule has 1 aliphatic carbocycles. The number of benzene rings is 1. The van der Waals surface area contributed by atoms with Crippen molar-refractivity contribution in [1.29, 1.82) is 0 Å². The van der Waals surface area contributed by atoms with Crippen LogP contribution in [0.3, 0.4) is 0 Å². The molecule has 0 heterocycles. The lowest BCUT2D eigenvalue weighted by atomic mass is 9.87. The molecular weight excluding hydrogens is 234 g/mol. The average molecular weight is 259 g/mol. The molecule has 19 heavy (non-hydrogen) atoms. The van der Waals surface area contributed by atoms with E-state index >= 15 is 0 Å². The quantitative estimate of drug-likeness (QED) is 0.848. The highest BCUT2D eigenvalue weighted by Crippen LogP contribution is 2.42. The minimum absolute atomic E-state index is 0.235. The summed E-state index contributed by atoms with van der Waals surface area (Å²) in [5.74, 6) is 1.15. The predicted octanol–water partition coefficient (Wildman–Crippen LogP) is 3.14. The molecular formula is C17H25NO. The number of nitrogens with zero attached hydrogens (tertiary/aromatic N) is 1. The van der Waals surface area contributed by atoms with Crippen molar-refractivity contribution in [2.24, 2.45) is 5.92 Å². The van der Waals surface area contributed by atoms with Crippen LogP contribution >= 0.6 is 0 Å². The van der Waals surface area contributed by atoms with Gasteiger partial charge in [0.2, 0.25) is 0 Å². The minimum atomic E-state index is 0.235. The van der Waals surface area contributed by atoms with Crippen LogP contribution < -0.4 is 0 Å². The van der Waals surface area contributed by atoms with Gasteiger partial charge in [0.15, 0.2) is 0 Å². The summed E-state index contributed by atoms with van der Waals surface area (Å²) < 4.78 is 0. The molecule has 0 fully saturated rings. The number of allylic oxidation sites excluding steroid dienone is 1. The highest BCUT2D eigenvalue weighted by molar-refractivity contribution is 5.74. The van der Waals surface area contributed by atoms with Gasteiger partial charge in [-0.05, 0) is 56.1 Å². The summed E-state index contributed by atoms with van der Waals surface area (Å²) in [6.45, 7) is 3.70. The molecule has 2 rings (SSSR count). The Balaban J connectivity index is 2.17. The fraction of sp³-hybridized carbons (Fsp3) is 0.529. The summed E-state index contributed by atoms with van der Waals surface area (Å²) >= 11 is 0. The Labute approximate surface area is 116 Å². The zero-order valence-electron chi connectivity index (χ0n) is 12.3. The lowest BCUT2D eigenvalue weighted by Crippen LogP contribution is -2.18. The second-order valence-electron chi connectivity index (χ2n) is 5.85. The maximum atomic E-state index is 9.21. The van der Waals surface area contributed by atoms with Gasteiger partial charge in [0.1, 0.15) is 0 Å². The molecule has 0 bridgehead atoms. The summed E-state index contributed by atoms with van der Waals surface area (Å²) in [6.07, 6.45) is 4.35. The smallest absolute Gasteiger partial charge is 0.0471 e. The molecule has 0 amide bonds. The molecule has 2 heteroatoms. The maximum absolute atomic E-state index is 9.21. The van der Waals surface area contributed by atoms with E-state index in [2.05, 4.69) is 56.3 Å². The Kier molecular flexibility index (Phi) is 4.78. The van der Waals surface area contributed by atoms with E-state index in [1.165, 1.54) is 23.1 Å². The SMILES string of the molecule is CC(CCN(C)C)C1C=C(CCO)c2ccccc21. The zero-order valence-corrected chi connectivity index (χ0v) is 12.3. The molecule has 1 aliphatic rings. The Hall–Kier alpha value is -1.12. The van der Waals surface area contributed by atoms with E-state index in [9.17, 15) is 5.11 Å². The van der Waals surface area contributed by atoms with Gasteiger partial charge < -0.3 is 10.0 Å². The predicted molar refractivity (Wildman–Crippen MR) is 81.2 cm³/mol. The summed E-state index contributed by atoms with van der Waals surface area (Å²) in [7, 11) is 4.25. The number of hydrogen-bond acceptors (Lipinski definition) is 2. The van der Waals surface area contributed by atoms with Gasteiger partial charge in [-0.15, -0.1) is 0 Å². The lowest BCUT2D eigenvalue weighted by molar-refractivity contribution is 0.305. The topological polar surface area (TPSA) is 23.5 Å². The third-order valence-electron chi connectivity index (χ3n) is 4.07. The van der Waals surface area contributed by atoms with E-state index in [1.807, 2.05) is 0 Å². The zero-order chi connectivity index (χ0) is 13.8. The van der Waals surface area contributed by atoms with Crippen molar-refractivity contribution >= 4 is 5.57 Å². The van der Waals surface area contributed by atoms with Crippen LogP contribution in [0.5, 0.6) is 0 Å². The first kappa shape index (κ1) is 14.3. The van der Waals surface area contributed by atoms with Crippen molar-refractivity contribution in [3.05, 3.63) is 41.5 Å². The van der Waals surface area contributed by atoms with E-state index in [0.717, 1.165) is 13.0 Å². The van der Waals surface area contributed by atoms with E-state index in [1.54, 1.807) is 0 Å². The molecule has 0 spiro atoms. The molecule has 1 N–H and O–H groups in total. The minimum Gasteiger partial charge on any atom is -0.396 e. The van der Waals surface area contributed by atoms with Crippen LogP contribution in [0.2, 0.25) is 0 Å². The number of hydrogen-bond donors (Lipinski definition) is 1. The second-order valence-corrected chi connectivity index (χ2v) is 5.85. The van der Waals surface area contributed by atoms with Gasteiger partial charge in [0, 0.05) is 12.5 Å². The number of fused-ring (bicyclic) bond motifs is 1. The van der Waals surface area contributed by atoms with Crippen molar-refractivity contribution in [2.75, 3.05) is 27.2 Å². The van der Waals surface area contributed by atoms with Crippen molar-refractivity contribution < 1.29 is 5.11 Å². The van der Waals surface area contributed by atoms with E-state index < -0.39 is 0 Å². The van der Waals surface area contributed by atoms with Crippen LogP contribution in [-0.4, -0.2) is 37.3 Å². The van der Waals surface area contributed by atoms with Gasteiger partial charge in [-0.3, -0.25) is 0 Å². The maximum Gasteiger partial charge on any atom is 0.0471 e. The molecule has 0 radical (unpaired) electrons. The fourth-order valence-electron chi connectivity index (χ4n) is 2.93. The first-order valence-corrected chi connectivity index (χ1v) is 7.19. The third kappa shape index (κ3) is 3.26. The molecule has 0 aromatic heterocycles. The van der Waals surface area contributed by atoms with Crippen LogP contribution in [0.25, 0.3) is 5.57 Å². The summed E-state index contributed by atoms with van der Waals surface area (Å²) in [5, 5.41) is 9.21. The van der Waals surface area contributed by atoms with E-state index in [4.69, 9.17) is 0 Å². The van der Waals surface area contributed by atoms with Gasteiger partial charge in [-0.2, -0.15) is 0 Å². The Morgan fingerprint density at radius 2 is 2.00 bits per heavy atom. The largest absolute Gasteiger partial charge is 0.396 e. The lowest BCUT2D eigenvalue weighted by Gasteiger charge is -2.21. The van der Waals surface area contributed by atoms with Gasteiger partial charge in [-0.25, -0.2) is 0 Å². The molecule has 0 saturated carbocycles. The molecule has 1 aromatic carbocycles. The molecule has 0 aliphatic heterocycles. The third-order valence-corrected chi connectivity index (χ3v) is 4.07. The summed E-state index contributed by atoms with van der Waals surface area (Å²) in [6, 6.07) is 8.65. The van der Waals surface area contributed by atoms with Gasteiger partial charge in [0.25, 0.3) is 0 Å². The van der Waals surface area contributed by atoms with Gasteiger partial charge in [-0.1, -0.05) is 37.3 Å². The highest BCUT2D eigenvalue weighted by Gasteiger charge is 2.26. The van der Waals surface area contributed by atoms with Crippen LogP contribution in [0, 0.1) is 5.92 Å². The van der Waals surface area contributed by atoms with Crippen molar-refractivity contribution in [2.45, 2.75) is 25.7 Å². The number of rotatable bonds is 6. The van der Waals surface area contributed by atoms with Crippen LogP contribution in [0.1, 0.15) is 36.8 Å². The average Bonchev–Trinajstić information content (AvgIpc) is 2.76. The Morgan fingerprint density at radius 1 is 1.26 bits per heavy atom. The summed E-state index contributed by atoms with van der Waals surface area (Å²) in [4.78, 5) is 2.25. The van der Waals surface area contributed by atoms with Crippen LogP contribution in [-0.2, 0) is 0 Å². The fourth-order valence-corrected chi connectivity index (χ4v) is 2.93. The normalized spacial score (nSPS) is 19.4.